The van der Waals surface area contributed by atoms with Gasteiger partial charge in [-0.25, -0.2) is 4.98 Å². The van der Waals surface area contributed by atoms with Crippen LogP contribution in [0.25, 0.3) is 21.8 Å². The van der Waals surface area contributed by atoms with Crippen LogP contribution in [0, 0.1) is 0 Å². The number of hydrogen-bond donors (Lipinski definition) is 1. The van der Waals surface area contributed by atoms with Crippen molar-refractivity contribution in [2.24, 2.45) is 0 Å². The fraction of sp³-hybridized carbons (Fsp3) is 0.320. The van der Waals surface area contributed by atoms with Gasteiger partial charge in [0, 0.05) is 11.3 Å². The number of imidazole rings is 1. The zero-order valence-electron chi connectivity index (χ0n) is 16.5. The Morgan fingerprint density at radius 3 is 2.62 bits per heavy atom. The van der Waals surface area contributed by atoms with Gasteiger partial charge in [-0.2, -0.15) is 0 Å². The molecule has 0 radical (unpaired) electrons. The molecule has 0 spiro atoms. The number of benzene rings is 3. The molecular formula is C25H26N2O2. The second kappa shape index (κ2) is 7.88. The van der Waals surface area contributed by atoms with Crippen molar-refractivity contribution < 1.29 is 9.84 Å². The SMILES string of the molecule is OC(COc1cccc2ccccc12)Cn1c(C2CCCC2)nc2ccccc21. The summed E-state index contributed by atoms with van der Waals surface area (Å²) in [6, 6.07) is 22.4. The molecule has 1 aromatic heterocycles. The van der Waals surface area contributed by atoms with Crippen LogP contribution in [-0.2, 0) is 6.54 Å². The van der Waals surface area contributed by atoms with E-state index in [0.717, 1.165) is 33.4 Å². The highest BCUT2D eigenvalue weighted by Crippen LogP contribution is 2.35. The fourth-order valence-electron chi connectivity index (χ4n) is 4.55. The highest BCUT2D eigenvalue weighted by atomic mass is 16.5. The maximum absolute atomic E-state index is 10.8. The monoisotopic (exact) mass is 386 g/mol. The van der Waals surface area contributed by atoms with Crippen LogP contribution in [0.3, 0.4) is 0 Å². The summed E-state index contributed by atoms with van der Waals surface area (Å²) in [5.41, 5.74) is 2.11. The topological polar surface area (TPSA) is 47.3 Å². The van der Waals surface area contributed by atoms with Crippen molar-refractivity contribution in [2.75, 3.05) is 6.61 Å². The number of aliphatic hydroxyl groups excluding tert-OH is 1. The van der Waals surface area contributed by atoms with E-state index >= 15 is 0 Å². The average Bonchev–Trinajstić information content (AvgIpc) is 3.41. The van der Waals surface area contributed by atoms with Crippen LogP contribution in [0.15, 0.2) is 66.7 Å². The lowest BCUT2D eigenvalue weighted by Crippen LogP contribution is -2.25. The standard InChI is InChI=1S/C25H26N2O2/c28-20(17-29-24-15-7-11-18-8-3-4-12-21(18)24)16-27-23-14-6-5-13-22(23)26-25(27)19-9-1-2-10-19/h3-8,11-15,19-20,28H,1-2,9-10,16-17H2. The highest BCUT2D eigenvalue weighted by Gasteiger charge is 2.24. The minimum atomic E-state index is -0.605. The summed E-state index contributed by atoms with van der Waals surface area (Å²) in [6.07, 6.45) is 4.30. The number of aliphatic hydroxyl groups is 1. The van der Waals surface area contributed by atoms with Crippen molar-refractivity contribution in [2.45, 2.75) is 44.2 Å². The van der Waals surface area contributed by atoms with Crippen LogP contribution < -0.4 is 4.74 Å². The molecule has 1 aliphatic rings. The fourth-order valence-corrected chi connectivity index (χ4v) is 4.55. The number of aromatic nitrogens is 2. The Labute approximate surface area is 170 Å². The molecule has 0 saturated heterocycles. The van der Waals surface area contributed by atoms with Crippen molar-refractivity contribution in [3.05, 3.63) is 72.6 Å². The number of nitrogens with zero attached hydrogens (tertiary/aromatic N) is 2. The minimum absolute atomic E-state index is 0.255. The summed E-state index contributed by atoms with van der Waals surface area (Å²) in [6.45, 7) is 0.752. The second-order valence-corrected chi connectivity index (χ2v) is 7.99. The Morgan fingerprint density at radius 2 is 1.72 bits per heavy atom. The highest BCUT2D eigenvalue weighted by molar-refractivity contribution is 5.88. The Kier molecular flexibility index (Phi) is 4.94. The van der Waals surface area contributed by atoms with Gasteiger partial charge in [-0.1, -0.05) is 61.4 Å². The van der Waals surface area contributed by atoms with Gasteiger partial charge < -0.3 is 14.4 Å². The molecule has 4 heteroatoms. The molecular weight excluding hydrogens is 360 g/mol. The van der Waals surface area contributed by atoms with E-state index < -0.39 is 6.10 Å². The Morgan fingerprint density at radius 1 is 0.966 bits per heavy atom. The summed E-state index contributed by atoms with van der Waals surface area (Å²) in [5.74, 6) is 2.43. The molecule has 1 atom stereocenters. The molecule has 3 aromatic carbocycles. The van der Waals surface area contributed by atoms with E-state index in [0.29, 0.717) is 12.5 Å². The number of ether oxygens (including phenoxy) is 1. The van der Waals surface area contributed by atoms with Crippen LogP contribution in [0.1, 0.15) is 37.4 Å². The summed E-state index contributed by atoms with van der Waals surface area (Å²) < 4.78 is 8.23. The minimum Gasteiger partial charge on any atom is -0.490 e. The molecule has 1 N–H and O–H groups in total. The molecule has 1 fully saturated rings. The molecule has 148 valence electrons. The summed E-state index contributed by atoms with van der Waals surface area (Å²) >= 11 is 0. The van der Waals surface area contributed by atoms with Crippen LogP contribution >= 0.6 is 0 Å². The van der Waals surface area contributed by atoms with E-state index in [1.165, 1.54) is 25.7 Å². The lowest BCUT2D eigenvalue weighted by molar-refractivity contribution is 0.0931. The molecule has 0 aliphatic heterocycles. The molecule has 29 heavy (non-hydrogen) atoms. The predicted octanol–water partition coefficient (Wildman–Crippen LogP) is 5.29. The summed E-state index contributed by atoms with van der Waals surface area (Å²) in [4.78, 5) is 4.92. The van der Waals surface area contributed by atoms with Gasteiger partial charge in [0.1, 0.15) is 24.3 Å². The summed E-state index contributed by atoms with van der Waals surface area (Å²) in [7, 11) is 0. The first-order valence-corrected chi connectivity index (χ1v) is 10.5. The van der Waals surface area contributed by atoms with Crippen LogP contribution in [-0.4, -0.2) is 27.4 Å². The molecule has 0 bridgehead atoms. The van der Waals surface area contributed by atoms with Gasteiger partial charge >= 0.3 is 0 Å². The first kappa shape index (κ1) is 18.2. The van der Waals surface area contributed by atoms with Gasteiger partial charge in [0.05, 0.1) is 17.6 Å². The van der Waals surface area contributed by atoms with E-state index in [1.54, 1.807) is 0 Å². The third kappa shape index (κ3) is 3.60. The van der Waals surface area contributed by atoms with Gasteiger partial charge in [0.25, 0.3) is 0 Å². The van der Waals surface area contributed by atoms with E-state index in [1.807, 2.05) is 36.4 Å². The average molecular weight is 386 g/mol. The maximum atomic E-state index is 10.8. The molecule has 0 amide bonds. The van der Waals surface area contributed by atoms with Crippen LogP contribution in [0.4, 0.5) is 0 Å². The van der Waals surface area contributed by atoms with Crippen molar-refractivity contribution in [3.8, 4) is 5.75 Å². The van der Waals surface area contributed by atoms with Crippen molar-refractivity contribution >= 4 is 21.8 Å². The second-order valence-electron chi connectivity index (χ2n) is 7.99. The zero-order valence-corrected chi connectivity index (χ0v) is 16.5. The number of para-hydroxylation sites is 2. The quantitative estimate of drug-likeness (QED) is 0.490. The predicted molar refractivity (Wildman–Crippen MR) is 116 cm³/mol. The van der Waals surface area contributed by atoms with Gasteiger partial charge in [-0.05, 0) is 36.4 Å². The molecule has 1 unspecified atom stereocenters. The maximum Gasteiger partial charge on any atom is 0.127 e. The Balaban J connectivity index is 1.37. The number of rotatable bonds is 6. The van der Waals surface area contributed by atoms with E-state index in [9.17, 15) is 5.11 Å². The molecule has 1 heterocycles. The summed E-state index contributed by atoms with van der Waals surface area (Å²) in [5, 5.41) is 13.0. The molecule has 1 saturated carbocycles. The van der Waals surface area contributed by atoms with E-state index in [4.69, 9.17) is 9.72 Å². The number of hydrogen-bond acceptors (Lipinski definition) is 3. The third-order valence-corrected chi connectivity index (χ3v) is 5.98. The largest absolute Gasteiger partial charge is 0.490 e. The lowest BCUT2D eigenvalue weighted by atomic mass is 10.1. The van der Waals surface area contributed by atoms with Crippen molar-refractivity contribution in [1.29, 1.82) is 0 Å². The van der Waals surface area contributed by atoms with Gasteiger partial charge in [-0.3, -0.25) is 0 Å². The smallest absolute Gasteiger partial charge is 0.127 e. The number of fused-ring (bicyclic) bond motifs is 2. The molecule has 4 aromatic rings. The molecule has 5 rings (SSSR count). The zero-order chi connectivity index (χ0) is 19.6. The Bertz CT molecular complexity index is 1120. The normalized spacial score (nSPS) is 15.9. The first-order chi connectivity index (χ1) is 14.3. The lowest BCUT2D eigenvalue weighted by Gasteiger charge is -2.18. The van der Waals surface area contributed by atoms with E-state index in [2.05, 4.69) is 34.9 Å². The first-order valence-electron chi connectivity index (χ1n) is 10.5. The van der Waals surface area contributed by atoms with Gasteiger partial charge in [0.15, 0.2) is 0 Å². The Hall–Kier alpha value is -2.85. The van der Waals surface area contributed by atoms with Crippen molar-refractivity contribution in [1.82, 2.24) is 9.55 Å². The van der Waals surface area contributed by atoms with Gasteiger partial charge in [0.2, 0.25) is 0 Å². The third-order valence-electron chi connectivity index (χ3n) is 5.98. The van der Waals surface area contributed by atoms with Gasteiger partial charge in [-0.15, -0.1) is 0 Å². The molecule has 4 nitrogen and oxygen atoms in total. The van der Waals surface area contributed by atoms with Crippen molar-refractivity contribution in [3.63, 3.8) is 0 Å². The van der Waals surface area contributed by atoms with Crippen LogP contribution in [0.5, 0.6) is 5.75 Å². The van der Waals surface area contributed by atoms with Crippen LogP contribution in [0.2, 0.25) is 0 Å². The molecule has 1 aliphatic carbocycles. The van der Waals surface area contributed by atoms with E-state index in [-0.39, 0.29) is 6.61 Å².